The maximum absolute atomic E-state index is 13.9. The van der Waals surface area contributed by atoms with Crippen LogP contribution in [0.1, 0.15) is 29.9 Å². The van der Waals surface area contributed by atoms with E-state index < -0.39 is 30.2 Å². The predicted molar refractivity (Wildman–Crippen MR) is 162 cm³/mol. The van der Waals surface area contributed by atoms with E-state index in [1.54, 1.807) is 24.3 Å². The maximum atomic E-state index is 13.9. The van der Waals surface area contributed by atoms with Crippen molar-refractivity contribution in [2.75, 3.05) is 17.2 Å². The summed E-state index contributed by atoms with van der Waals surface area (Å²) in [5.74, 6) is 1.22. The number of carbonyl (C=O) groups excluding carboxylic acids is 2. The van der Waals surface area contributed by atoms with Crippen LogP contribution in [0, 0.1) is 5.82 Å². The zero-order valence-electron chi connectivity index (χ0n) is 23.7. The summed E-state index contributed by atoms with van der Waals surface area (Å²) in [7, 11) is 0. The third-order valence-corrected chi connectivity index (χ3v) is 7.68. The second-order valence-electron chi connectivity index (χ2n) is 10.8. The van der Waals surface area contributed by atoms with Crippen LogP contribution in [0.4, 0.5) is 20.6 Å². The van der Waals surface area contributed by atoms with Crippen LogP contribution in [0.15, 0.2) is 97.1 Å². The third-order valence-electron chi connectivity index (χ3n) is 7.68. The molecular formula is C34H32FN3O6. The Morgan fingerprint density at radius 3 is 2.43 bits per heavy atom. The van der Waals surface area contributed by atoms with Crippen LogP contribution in [-0.2, 0) is 16.1 Å². The van der Waals surface area contributed by atoms with E-state index in [1.807, 2.05) is 60.7 Å². The number of anilines is 2. The lowest BCUT2D eigenvalue weighted by Gasteiger charge is -2.37. The first-order chi connectivity index (χ1) is 21.4. The molecule has 4 aromatic carbocycles. The number of aliphatic hydroxyl groups excluding tert-OH is 1. The number of hydrogen-bond acceptors (Lipinski definition) is 6. The van der Waals surface area contributed by atoms with Gasteiger partial charge in [0.2, 0.25) is 5.91 Å². The van der Waals surface area contributed by atoms with Gasteiger partial charge >= 0.3 is 6.03 Å². The molecule has 1 saturated heterocycles. The summed E-state index contributed by atoms with van der Waals surface area (Å²) >= 11 is 0. The molecular weight excluding hydrogens is 565 g/mol. The Bertz CT molecular complexity index is 1620. The quantitative estimate of drug-likeness (QED) is 0.189. The molecule has 10 heteroatoms. The van der Waals surface area contributed by atoms with Crippen LogP contribution in [-0.4, -0.2) is 42.0 Å². The van der Waals surface area contributed by atoms with Gasteiger partial charge in [0, 0.05) is 23.7 Å². The fourth-order valence-corrected chi connectivity index (χ4v) is 5.59. The molecule has 4 N–H and O–H groups in total. The fraction of sp³-hybridized carbons (Fsp3) is 0.235. The lowest BCUT2D eigenvalue weighted by atomic mass is 9.84. The average molecular weight is 598 g/mol. The van der Waals surface area contributed by atoms with E-state index in [9.17, 15) is 19.1 Å². The Morgan fingerprint density at radius 2 is 1.66 bits per heavy atom. The zero-order chi connectivity index (χ0) is 30.5. The highest BCUT2D eigenvalue weighted by Crippen LogP contribution is 2.47. The van der Waals surface area contributed by atoms with E-state index in [4.69, 9.17) is 14.2 Å². The summed E-state index contributed by atoms with van der Waals surface area (Å²) in [6, 6.07) is 27.6. The van der Waals surface area contributed by atoms with Crippen molar-refractivity contribution in [1.29, 1.82) is 0 Å². The summed E-state index contributed by atoms with van der Waals surface area (Å²) in [5, 5.41) is 18.2. The van der Waals surface area contributed by atoms with Gasteiger partial charge in [0.05, 0.1) is 24.8 Å². The van der Waals surface area contributed by atoms with Crippen molar-refractivity contribution in [3.63, 3.8) is 0 Å². The Balaban J connectivity index is 1.05. The van der Waals surface area contributed by atoms with Gasteiger partial charge in [-0.05, 0) is 66.6 Å². The van der Waals surface area contributed by atoms with Crippen LogP contribution < -0.4 is 25.4 Å². The van der Waals surface area contributed by atoms with Gasteiger partial charge in [-0.25, -0.2) is 9.18 Å². The van der Waals surface area contributed by atoms with Gasteiger partial charge in [-0.3, -0.25) is 4.79 Å². The summed E-state index contributed by atoms with van der Waals surface area (Å²) in [6.45, 7) is 0.0867. The first kappa shape index (κ1) is 29.2. The molecule has 0 aromatic heterocycles. The molecule has 0 aliphatic carbocycles. The number of ether oxygens (including phenoxy) is 3. The molecule has 0 unspecified atom stereocenters. The summed E-state index contributed by atoms with van der Waals surface area (Å²) < 4.78 is 32.0. The third kappa shape index (κ3) is 6.82. The molecule has 2 heterocycles. The number of amides is 3. The molecule has 6 rings (SSSR count). The van der Waals surface area contributed by atoms with Gasteiger partial charge in [-0.15, -0.1) is 0 Å². The molecule has 4 aromatic rings. The Kier molecular flexibility index (Phi) is 8.71. The van der Waals surface area contributed by atoms with Crippen molar-refractivity contribution in [2.24, 2.45) is 0 Å². The zero-order valence-corrected chi connectivity index (χ0v) is 23.7. The SMILES string of the molecule is O=C(C[C@H]1C[C@@H]2c3cc(NC(=O)Nc4ccccc4F)ccc3O[C@@H]2[C@@H](CO)O1)NCc1ccc(Oc2ccccc2)cc1. The number of carbonyl (C=O) groups is 2. The molecule has 0 saturated carbocycles. The average Bonchev–Trinajstić information content (AvgIpc) is 3.40. The molecule has 1 fully saturated rings. The minimum atomic E-state index is -0.614. The van der Waals surface area contributed by atoms with Gasteiger partial charge in [-0.1, -0.05) is 42.5 Å². The number of halogens is 1. The van der Waals surface area contributed by atoms with E-state index in [1.165, 1.54) is 12.1 Å². The van der Waals surface area contributed by atoms with Crippen molar-refractivity contribution in [1.82, 2.24) is 5.32 Å². The molecule has 2 aliphatic heterocycles. The van der Waals surface area contributed by atoms with Crippen molar-refractivity contribution >= 4 is 23.3 Å². The number of nitrogens with one attached hydrogen (secondary N) is 3. The van der Waals surface area contributed by atoms with E-state index in [0.717, 1.165) is 16.9 Å². The van der Waals surface area contributed by atoms with Crippen LogP contribution >= 0.6 is 0 Å². The minimum absolute atomic E-state index is 0.0694. The number of urea groups is 1. The highest BCUT2D eigenvalue weighted by Gasteiger charge is 2.46. The first-order valence-corrected chi connectivity index (χ1v) is 14.4. The molecule has 0 bridgehead atoms. The van der Waals surface area contributed by atoms with E-state index >= 15 is 0 Å². The van der Waals surface area contributed by atoms with E-state index in [-0.39, 0.29) is 30.5 Å². The number of para-hydroxylation sites is 2. The van der Waals surface area contributed by atoms with Crippen molar-refractivity contribution in [2.45, 2.75) is 43.6 Å². The van der Waals surface area contributed by atoms with Gasteiger partial charge < -0.3 is 35.3 Å². The van der Waals surface area contributed by atoms with Gasteiger partial charge in [0.1, 0.15) is 35.3 Å². The Morgan fingerprint density at radius 1 is 0.909 bits per heavy atom. The molecule has 3 amide bonds. The maximum Gasteiger partial charge on any atom is 0.323 e. The molecule has 0 spiro atoms. The smallest absolute Gasteiger partial charge is 0.323 e. The number of fused-ring (bicyclic) bond motifs is 3. The van der Waals surface area contributed by atoms with Crippen molar-refractivity contribution in [3.05, 3.63) is 114 Å². The van der Waals surface area contributed by atoms with Gasteiger partial charge in [0.15, 0.2) is 0 Å². The fourth-order valence-electron chi connectivity index (χ4n) is 5.59. The molecule has 226 valence electrons. The Labute approximate surface area is 254 Å². The van der Waals surface area contributed by atoms with E-state index in [0.29, 0.717) is 30.2 Å². The second kappa shape index (κ2) is 13.2. The number of aliphatic hydroxyl groups is 1. The topological polar surface area (TPSA) is 118 Å². The summed E-state index contributed by atoms with van der Waals surface area (Å²) in [6.07, 6.45) is -0.860. The molecule has 0 radical (unpaired) electrons. The predicted octanol–water partition coefficient (Wildman–Crippen LogP) is 5.96. The lowest BCUT2D eigenvalue weighted by Crippen LogP contribution is -2.47. The molecule has 9 nitrogen and oxygen atoms in total. The first-order valence-electron chi connectivity index (χ1n) is 14.4. The normalized spacial score (nSPS) is 20.0. The second-order valence-corrected chi connectivity index (χ2v) is 10.8. The minimum Gasteiger partial charge on any atom is -0.487 e. The standard InChI is InChI=1S/C34H32FN3O6/c35-28-8-4-5-9-29(28)38-34(41)37-22-12-15-30-26(16-22)27-17-25(43-31(20-39)33(27)44-30)18-32(40)36-19-21-10-13-24(14-11-21)42-23-6-2-1-3-7-23/h1-16,25,27,31,33,39H,17-20H2,(H,36,40)(H2,37,38,41)/t25-,27-,31-,33+/m1/s1. The summed E-state index contributed by atoms with van der Waals surface area (Å²) in [5.41, 5.74) is 2.35. The van der Waals surface area contributed by atoms with Gasteiger partial charge in [-0.2, -0.15) is 0 Å². The largest absolute Gasteiger partial charge is 0.487 e. The molecule has 44 heavy (non-hydrogen) atoms. The molecule has 4 atom stereocenters. The highest BCUT2D eigenvalue weighted by atomic mass is 19.1. The van der Waals surface area contributed by atoms with Crippen molar-refractivity contribution in [3.8, 4) is 17.2 Å². The summed E-state index contributed by atoms with van der Waals surface area (Å²) in [4.78, 5) is 25.4. The van der Waals surface area contributed by atoms with Crippen LogP contribution in [0.2, 0.25) is 0 Å². The van der Waals surface area contributed by atoms with Crippen LogP contribution in [0.5, 0.6) is 17.2 Å². The number of hydrogen-bond donors (Lipinski definition) is 4. The van der Waals surface area contributed by atoms with E-state index in [2.05, 4.69) is 16.0 Å². The lowest BCUT2D eigenvalue weighted by molar-refractivity contribution is -0.142. The van der Waals surface area contributed by atoms with Gasteiger partial charge in [0.25, 0.3) is 0 Å². The molecule has 2 aliphatic rings. The highest BCUT2D eigenvalue weighted by molar-refractivity contribution is 6.00. The monoisotopic (exact) mass is 597 g/mol. The van der Waals surface area contributed by atoms with Crippen LogP contribution in [0.25, 0.3) is 0 Å². The number of benzene rings is 4. The van der Waals surface area contributed by atoms with Crippen LogP contribution in [0.3, 0.4) is 0 Å². The van der Waals surface area contributed by atoms with Crippen molar-refractivity contribution < 1.29 is 33.3 Å². The number of rotatable bonds is 9. The Hall–Kier alpha value is -4.93.